The van der Waals surface area contributed by atoms with Crippen LogP contribution in [0.3, 0.4) is 0 Å². The van der Waals surface area contributed by atoms with Crippen molar-refractivity contribution in [2.75, 3.05) is 10.7 Å². The van der Waals surface area contributed by atoms with Crippen molar-refractivity contribution in [1.82, 2.24) is 4.98 Å². The molecule has 5 nitrogen and oxygen atoms in total. The van der Waals surface area contributed by atoms with E-state index < -0.39 is 0 Å². The minimum Gasteiger partial charge on any atom is -0.323 e. The van der Waals surface area contributed by atoms with Gasteiger partial charge in [0.05, 0.1) is 11.3 Å². The zero-order valence-electron chi connectivity index (χ0n) is 9.65. The number of amides is 1. The molecule has 0 spiro atoms. The first-order valence-corrected chi connectivity index (χ1v) is 6.04. The second kappa shape index (κ2) is 5.88. The number of nitrogens with one attached hydrogen (secondary N) is 2. The molecule has 4 N–H and O–H groups in total. The number of rotatable bonds is 3. The SMILES string of the molecule is NNc1ccncc1C(=O)Nc1cc(Cl)cc(Cl)c1. The number of hydrogen-bond acceptors (Lipinski definition) is 4. The van der Waals surface area contributed by atoms with Crippen LogP contribution in [0.1, 0.15) is 10.4 Å². The van der Waals surface area contributed by atoms with E-state index in [0.717, 1.165) is 0 Å². The average Bonchev–Trinajstić information content (AvgIpc) is 2.37. The van der Waals surface area contributed by atoms with E-state index >= 15 is 0 Å². The Balaban J connectivity index is 2.25. The molecule has 0 atom stereocenters. The molecule has 0 fully saturated rings. The highest BCUT2D eigenvalue weighted by Crippen LogP contribution is 2.23. The molecule has 0 radical (unpaired) electrons. The molecular formula is C12H10Cl2N4O. The first-order valence-electron chi connectivity index (χ1n) is 5.28. The standard InChI is InChI=1S/C12H10Cl2N4O/c13-7-3-8(14)5-9(4-7)17-12(19)10-6-16-2-1-11(10)18-15/h1-6H,15H2,(H,16,18)(H,17,19). The summed E-state index contributed by atoms with van der Waals surface area (Å²) in [5, 5.41) is 3.54. The summed E-state index contributed by atoms with van der Waals surface area (Å²) in [5.41, 5.74) is 3.72. The lowest BCUT2D eigenvalue weighted by molar-refractivity contribution is 0.102. The Kier molecular flexibility index (Phi) is 4.21. The van der Waals surface area contributed by atoms with Crippen molar-refractivity contribution < 1.29 is 4.79 Å². The lowest BCUT2D eigenvalue weighted by atomic mass is 10.2. The summed E-state index contributed by atoms with van der Waals surface area (Å²) >= 11 is 11.7. The normalized spacial score (nSPS) is 10.1. The average molecular weight is 297 g/mol. The Labute approximate surface area is 119 Å². The molecule has 0 saturated heterocycles. The van der Waals surface area contributed by atoms with Gasteiger partial charge in [0.1, 0.15) is 0 Å². The van der Waals surface area contributed by atoms with E-state index in [4.69, 9.17) is 29.0 Å². The minimum atomic E-state index is -0.362. The predicted octanol–water partition coefficient (Wildman–Crippen LogP) is 2.93. The van der Waals surface area contributed by atoms with Gasteiger partial charge in [-0.1, -0.05) is 23.2 Å². The lowest BCUT2D eigenvalue weighted by Crippen LogP contribution is -2.17. The molecule has 19 heavy (non-hydrogen) atoms. The number of hydrogen-bond donors (Lipinski definition) is 3. The van der Waals surface area contributed by atoms with Gasteiger partial charge in [0.2, 0.25) is 0 Å². The first-order chi connectivity index (χ1) is 9.10. The van der Waals surface area contributed by atoms with Gasteiger partial charge in [0.25, 0.3) is 5.91 Å². The number of nitrogens with two attached hydrogens (primary N) is 1. The molecule has 0 saturated carbocycles. The van der Waals surface area contributed by atoms with Crippen molar-refractivity contribution in [3.05, 3.63) is 52.3 Å². The molecule has 1 heterocycles. The third-order valence-corrected chi connectivity index (χ3v) is 2.78. The number of hydrazine groups is 1. The minimum absolute atomic E-state index is 0.320. The van der Waals surface area contributed by atoms with E-state index in [1.165, 1.54) is 12.4 Å². The van der Waals surface area contributed by atoms with Crippen LogP contribution in [0.15, 0.2) is 36.7 Å². The van der Waals surface area contributed by atoms with Crippen LogP contribution in [-0.2, 0) is 0 Å². The van der Waals surface area contributed by atoms with Gasteiger partial charge in [-0.15, -0.1) is 0 Å². The zero-order valence-corrected chi connectivity index (χ0v) is 11.2. The molecule has 2 aromatic rings. The van der Waals surface area contributed by atoms with Crippen LogP contribution < -0.4 is 16.6 Å². The maximum atomic E-state index is 12.1. The summed E-state index contributed by atoms with van der Waals surface area (Å²) in [6.07, 6.45) is 2.94. The van der Waals surface area contributed by atoms with E-state index in [0.29, 0.717) is 27.0 Å². The number of anilines is 2. The van der Waals surface area contributed by atoms with Crippen LogP contribution in [0, 0.1) is 0 Å². The lowest BCUT2D eigenvalue weighted by Gasteiger charge is -2.09. The maximum absolute atomic E-state index is 12.1. The van der Waals surface area contributed by atoms with Crippen LogP contribution in [0.2, 0.25) is 10.0 Å². The third-order valence-electron chi connectivity index (χ3n) is 2.34. The maximum Gasteiger partial charge on any atom is 0.259 e. The number of nitrogen functional groups attached to an aromatic ring is 1. The molecule has 0 bridgehead atoms. The Morgan fingerprint density at radius 3 is 2.53 bits per heavy atom. The number of nitrogens with zero attached hydrogens (tertiary/aromatic N) is 1. The van der Waals surface area contributed by atoms with Crippen molar-refractivity contribution in [1.29, 1.82) is 0 Å². The molecule has 0 aliphatic heterocycles. The van der Waals surface area contributed by atoms with Crippen LogP contribution in [-0.4, -0.2) is 10.9 Å². The molecule has 7 heteroatoms. The summed E-state index contributed by atoms with van der Waals surface area (Å²) in [6.45, 7) is 0. The van der Waals surface area contributed by atoms with Crippen LogP contribution in [0.25, 0.3) is 0 Å². The number of carbonyl (C=O) groups excluding carboxylic acids is 1. The van der Waals surface area contributed by atoms with Crippen LogP contribution in [0.4, 0.5) is 11.4 Å². The smallest absolute Gasteiger partial charge is 0.259 e. The molecule has 0 unspecified atom stereocenters. The summed E-state index contributed by atoms with van der Waals surface area (Å²) in [4.78, 5) is 16.0. The van der Waals surface area contributed by atoms with E-state index in [9.17, 15) is 4.79 Å². The van der Waals surface area contributed by atoms with Crippen molar-refractivity contribution in [2.45, 2.75) is 0 Å². The van der Waals surface area contributed by atoms with Gasteiger partial charge in [-0.3, -0.25) is 15.6 Å². The number of pyridine rings is 1. The molecule has 1 aromatic heterocycles. The van der Waals surface area contributed by atoms with Gasteiger partial charge < -0.3 is 10.7 Å². The Morgan fingerprint density at radius 1 is 1.21 bits per heavy atom. The number of benzene rings is 1. The Bertz CT molecular complexity index is 598. The predicted molar refractivity (Wildman–Crippen MR) is 76.5 cm³/mol. The van der Waals surface area contributed by atoms with Gasteiger partial charge in [0.15, 0.2) is 0 Å². The van der Waals surface area contributed by atoms with Gasteiger partial charge >= 0.3 is 0 Å². The zero-order chi connectivity index (χ0) is 13.8. The molecule has 1 amide bonds. The van der Waals surface area contributed by atoms with E-state index in [1.807, 2.05) is 0 Å². The monoisotopic (exact) mass is 296 g/mol. The van der Waals surface area contributed by atoms with Gasteiger partial charge in [-0.2, -0.15) is 0 Å². The molecular weight excluding hydrogens is 287 g/mol. The summed E-state index contributed by atoms with van der Waals surface area (Å²) in [6, 6.07) is 6.37. The molecule has 98 valence electrons. The third kappa shape index (κ3) is 3.35. The second-order valence-corrected chi connectivity index (χ2v) is 4.55. The summed E-state index contributed by atoms with van der Waals surface area (Å²) < 4.78 is 0. The van der Waals surface area contributed by atoms with Crippen molar-refractivity contribution in [3.8, 4) is 0 Å². The largest absolute Gasteiger partial charge is 0.323 e. The first kappa shape index (κ1) is 13.6. The number of aromatic nitrogens is 1. The van der Waals surface area contributed by atoms with Crippen LogP contribution in [0.5, 0.6) is 0 Å². The summed E-state index contributed by atoms with van der Waals surface area (Å²) in [5.74, 6) is 4.97. The van der Waals surface area contributed by atoms with E-state index in [2.05, 4.69) is 15.7 Å². The molecule has 1 aromatic carbocycles. The summed E-state index contributed by atoms with van der Waals surface area (Å²) in [7, 11) is 0. The highest BCUT2D eigenvalue weighted by atomic mass is 35.5. The fourth-order valence-electron chi connectivity index (χ4n) is 1.53. The highest BCUT2D eigenvalue weighted by Gasteiger charge is 2.11. The molecule has 0 aliphatic carbocycles. The van der Waals surface area contributed by atoms with Gasteiger partial charge in [0, 0.05) is 28.1 Å². The van der Waals surface area contributed by atoms with E-state index in [-0.39, 0.29) is 5.91 Å². The van der Waals surface area contributed by atoms with Crippen molar-refractivity contribution >= 4 is 40.5 Å². The number of halogens is 2. The highest BCUT2D eigenvalue weighted by molar-refractivity contribution is 6.35. The number of carbonyl (C=O) groups is 1. The van der Waals surface area contributed by atoms with Crippen molar-refractivity contribution in [3.63, 3.8) is 0 Å². The fourth-order valence-corrected chi connectivity index (χ4v) is 2.05. The Morgan fingerprint density at radius 2 is 1.89 bits per heavy atom. The Hall–Kier alpha value is -1.82. The quantitative estimate of drug-likeness (QED) is 0.601. The van der Waals surface area contributed by atoms with Crippen molar-refractivity contribution in [2.24, 2.45) is 5.84 Å². The topological polar surface area (TPSA) is 80.0 Å². The molecule has 2 rings (SSSR count). The van der Waals surface area contributed by atoms with E-state index in [1.54, 1.807) is 24.3 Å². The molecule has 0 aliphatic rings. The van der Waals surface area contributed by atoms with Gasteiger partial charge in [-0.25, -0.2) is 0 Å². The fraction of sp³-hybridized carbons (Fsp3) is 0. The second-order valence-electron chi connectivity index (χ2n) is 3.68. The van der Waals surface area contributed by atoms with Crippen LogP contribution >= 0.6 is 23.2 Å². The van der Waals surface area contributed by atoms with Gasteiger partial charge in [-0.05, 0) is 24.3 Å².